The highest BCUT2D eigenvalue weighted by molar-refractivity contribution is 5.92. The Kier molecular flexibility index (Phi) is 2.47. The van der Waals surface area contributed by atoms with Crippen LogP contribution < -0.4 is 5.32 Å². The van der Waals surface area contributed by atoms with E-state index in [9.17, 15) is 4.79 Å². The zero-order chi connectivity index (χ0) is 9.14. The van der Waals surface area contributed by atoms with Crippen LogP contribution in [0, 0.1) is 0 Å². The Balaban J connectivity index is 2.71. The smallest absolute Gasteiger partial charge is 0.201 e. The first-order chi connectivity index (χ1) is 5.59. The third kappa shape index (κ3) is 2.08. The molecule has 0 atom stereocenters. The van der Waals surface area contributed by atoms with Gasteiger partial charge in [0.2, 0.25) is 5.95 Å². The summed E-state index contributed by atoms with van der Waals surface area (Å²) >= 11 is 0. The van der Waals surface area contributed by atoms with Crippen LogP contribution in [0.15, 0.2) is 6.20 Å². The van der Waals surface area contributed by atoms with Crippen LogP contribution in [0.4, 0.5) is 5.95 Å². The van der Waals surface area contributed by atoms with E-state index in [0.29, 0.717) is 17.7 Å². The molecule has 0 fully saturated rings. The quantitative estimate of drug-likeness (QED) is 0.669. The molecule has 0 aliphatic heterocycles. The molecule has 1 rings (SSSR count). The first-order valence-electron chi connectivity index (χ1n) is 3.92. The summed E-state index contributed by atoms with van der Waals surface area (Å²) < 4.78 is 0. The number of rotatable bonds is 3. The van der Waals surface area contributed by atoms with Crippen LogP contribution in [-0.2, 0) is 0 Å². The molecule has 0 saturated carbocycles. The highest BCUT2D eigenvalue weighted by atomic mass is 16.1. The lowest BCUT2D eigenvalue weighted by atomic mass is 10.3. The largest absolute Gasteiger partial charge is 0.354 e. The van der Waals surface area contributed by atoms with Gasteiger partial charge in [0.25, 0.3) is 0 Å². The summed E-state index contributed by atoms with van der Waals surface area (Å²) in [6, 6.07) is 0.316. The molecule has 0 amide bonds. The molecule has 0 aliphatic carbocycles. The van der Waals surface area contributed by atoms with E-state index in [-0.39, 0.29) is 5.78 Å². The lowest BCUT2D eigenvalue weighted by molar-refractivity contribution is 0.101. The van der Waals surface area contributed by atoms with Crippen molar-refractivity contribution >= 4 is 11.7 Å². The lowest BCUT2D eigenvalue weighted by Gasteiger charge is -2.04. The van der Waals surface area contributed by atoms with E-state index >= 15 is 0 Å². The van der Waals surface area contributed by atoms with Crippen LogP contribution in [0.2, 0.25) is 0 Å². The molecular formula is C8H13N3O. The summed E-state index contributed by atoms with van der Waals surface area (Å²) in [5.74, 6) is 0.623. The van der Waals surface area contributed by atoms with Crippen LogP contribution in [0.3, 0.4) is 0 Å². The molecule has 4 heteroatoms. The van der Waals surface area contributed by atoms with Gasteiger partial charge in [0.1, 0.15) is 5.69 Å². The SMILES string of the molecule is CC(=O)c1c[nH]c(NC(C)C)n1. The average molecular weight is 167 g/mol. The first kappa shape index (κ1) is 8.77. The number of nitrogens with zero attached hydrogens (tertiary/aromatic N) is 1. The molecule has 1 heterocycles. The second-order valence-electron chi connectivity index (χ2n) is 2.99. The topological polar surface area (TPSA) is 57.8 Å². The van der Waals surface area contributed by atoms with Crippen molar-refractivity contribution in [3.05, 3.63) is 11.9 Å². The van der Waals surface area contributed by atoms with E-state index in [0.717, 1.165) is 0 Å². The highest BCUT2D eigenvalue weighted by Gasteiger charge is 2.04. The van der Waals surface area contributed by atoms with Crippen LogP contribution in [0.25, 0.3) is 0 Å². The number of hydrogen-bond donors (Lipinski definition) is 2. The molecule has 12 heavy (non-hydrogen) atoms. The van der Waals surface area contributed by atoms with E-state index in [1.54, 1.807) is 6.20 Å². The minimum Gasteiger partial charge on any atom is -0.354 e. The van der Waals surface area contributed by atoms with E-state index in [2.05, 4.69) is 15.3 Å². The Morgan fingerprint density at radius 2 is 2.33 bits per heavy atom. The molecule has 1 aromatic heterocycles. The minimum absolute atomic E-state index is 0.0249. The molecule has 0 aromatic carbocycles. The standard InChI is InChI=1S/C8H13N3O/c1-5(2)10-8-9-4-7(11-8)6(3)12/h4-5H,1-3H3,(H2,9,10,11). The van der Waals surface area contributed by atoms with Crippen molar-refractivity contribution in [1.29, 1.82) is 0 Å². The van der Waals surface area contributed by atoms with Crippen LogP contribution >= 0.6 is 0 Å². The third-order valence-corrected chi connectivity index (χ3v) is 1.36. The third-order valence-electron chi connectivity index (χ3n) is 1.36. The number of imidazole rings is 1. The van der Waals surface area contributed by atoms with Gasteiger partial charge in [0.05, 0.1) is 0 Å². The highest BCUT2D eigenvalue weighted by Crippen LogP contribution is 2.03. The molecule has 2 N–H and O–H groups in total. The molecule has 0 aliphatic rings. The van der Waals surface area contributed by atoms with E-state index < -0.39 is 0 Å². The zero-order valence-corrected chi connectivity index (χ0v) is 7.51. The zero-order valence-electron chi connectivity index (χ0n) is 7.51. The Hall–Kier alpha value is -1.32. The van der Waals surface area contributed by atoms with Crippen molar-refractivity contribution in [2.75, 3.05) is 5.32 Å². The molecule has 0 unspecified atom stereocenters. The maximum atomic E-state index is 10.8. The molecule has 0 saturated heterocycles. The normalized spacial score (nSPS) is 10.3. The number of hydrogen-bond acceptors (Lipinski definition) is 3. The maximum Gasteiger partial charge on any atom is 0.201 e. The molecule has 1 aromatic rings. The van der Waals surface area contributed by atoms with Gasteiger partial charge in [0, 0.05) is 19.2 Å². The first-order valence-corrected chi connectivity index (χ1v) is 3.92. The predicted molar refractivity (Wildman–Crippen MR) is 47.4 cm³/mol. The number of carbonyl (C=O) groups is 1. The number of anilines is 1. The van der Waals surface area contributed by atoms with Gasteiger partial charge in [-0.25, -0.2) is 4.98 Å². The van der Waals surface area contributed by atoms with Gasteiger partial charge >= 0.3 is 0 Å². The van der Waals surface area contributed by atoms with Gasteiger partial charge in [-0.15, -0.1) is 0 Å². The van der Waals surface area contributed by atoms with Gasteiger partial charge in [-0.1, -0.05) is 0 Å². The van der Waals surface area contributed by atoms with Crippen molar-refractivity contribution in [3.8, 4) is 0 Å². The number of nitrogens with one attached hydrogen (secondary N) is 2. The predicted octanol–water partition coefficient (Wildman–Crippen LogP) is 1.43. The number of carbonyl (C=O) groups excluding carboxylic acids is 1. The van der Waals surface area contributed by atoms with E-state index in [4.69, 9.17) is 0 Å². The maximum absolute atomic E-state index is 10.8. The fourth-order valence-corrected chi connectivity index (χ4v) is 0.849. The summed E-state index contributed by atoms with van der Waals surface area (Å²) in [4.78, 5) is 17.7. The van der Waals surface area contributed by atoms with Crippen molar-refractivity contribution in [2.24, 2.45) is 0 Å². The molecule has 66 valence electrons. The molecule has 4 nitrogen and oxygen atoms in total. The van der Waals surface area contributed by atoms with Crippen LogP contribution in [0.1, 0.15) is 31.3 Å². The molecule has 0 radical (unpaired) electrons. The number of H-pyrrole nitrogens is 1. The Bertz CT molecular complexity index is 278. The number of aromatic amines is 1. The van der Waals surface area contributed by atoms with Crippen molar-refractivity contribution in [1.82, 2.24) is 9.97 Å². The fourth-order valence-electron chi connectivity index (χ4n) is 0.849. The average Bonchev–Trinajstić information content (AvgIpc) is 2.34. The van der Waals surface area contributed by atoms with Gasteiger partial charge in [-0.3, -0.25) is 4.79 Å². The summed E-state index contributed by atoms with van der Waals surface area (Å²) in [7, 11) is 0. The van der Waals surface area contributed by atoms with Gasteiger partial charge < -0.3 is 10.3 Å². The number of aromatic nitrogens is 2. The monoisotopic (exact) mass is 167 g/mol. The van der Waals surface area contributed by atoms with Crippen molar-refractivity contribution in [2.45, 2.75) is 26.8 Å². The number of ketones is 1. The van der Waals surface area contributed by atoms with Crippen LogP contribution in [0.5, 0.6) is 0 Å². The fraction of sp³-hybridized carbons (Fsp3) is 0.500. The molecule has 0 spiro atoms. The summed E-state index contributed by atoms with van der Waals surface area (Å²) in [5, 5.41) is 3.06. The van der Waals surface area contributed by atoms with Crippen LogP contribution in [-0.4, -0.2) is 21.8 Å². The number of Topliss-reactive ketones (excluding diaryl/α,β-unsaturated/α-hetero) is 1. The van der Waals surface area contributed by atoms with E-state index in [1.165, 1.54) is 6.92 Å². The second kappa shape index (κ2) is 3.38. The second-order valence-corrected chi connectivity index (χ2v) is 2.99. The summed E-state index contributed by atoms with van der Waals surface area (Å²) in [6.45, 7) is 5.52. The van der Waals surface area contributed by atoms with Gasteiger partial charge in [-0.2, -0.15) is 0 Å². The summed E-state index contributed by atoms with van der Waals surface area (Å²) in [5.41, 5.74) is 0.471. The van der Waals surface area contributed by atoms with Crippen molar-refractivity contribution in [3.63, 3.8) is 0 Å². The molecule has 0 bridgehead atoms. The Labute approximate surface area is 71.4 Å². The minimum atomic E-state index is -0.0249. The Morgan fingerprint density at radius 3 is 2.75 bits per heavy atom. The van der Waals surface area contributed by atoms with Crippen molar-refractivity contribution < 1.29 is 4.79 Å². The van der Waals surface area contributed by atoms with Gasteiger partial charge in [-0.05, 0) is 13.8 Å². The lowest BCUT2D eigenvalue weighted by Crippen LogP contribution is -2.10. The van der Waals surface area contributed by atoms with E-state index in [1.807, 2.05) is 13.8 Å². The Morgan fingerprint density at radius 1 is 1.67 bits per heavy atom. The summed E-state index contributed by atoms with van der Waals surface area (Å²) in [6.07, 6.45) is 1.60. The van der Waals surface area contributed by atoms with Gasteiger partial charge in [0.15, 0.2) is 5.78 Å². The molecular weight excluding hydrogens is 154 g/mol.